The number of benzene rings is 1. The Kier molecular flexibility index (Phi) is 4.74. The number of amides is 1. The second-order valence-electron chi connectivity index (χ2n) is 7.17. The summed E-state index contributed by atoms with van der Waals surface area (Å²) in [7, 11) is 0.0547. The molecule has 5 heteroatoms. The lowest BCUT2D eigenvalue weighted by Crippen LogP contribution is -2.44. The predicted octanol–water partition coefficient (Wildman–Crippen LogP) is 2.96. The Labute approximate surface area is 146 Å². The van der Waals surface area contributed by atoms with Crippen LogP contribution in [0.5, 0.6) is 0 Å². The van der Waals surface area contributed by atoms with Crippen LogP contribution in [0.1, 0.15) is 38.5 Å². The number of hydrogen-bond acceptors (Lipinski definition) is 3. The summed E-state index contributed by atoms with van der Waals surface area (Å²) >= 11 is 0. The molecule has 1 saturated carbocycles. The van der Waals surface area contributed by atoms with Gasteiger partial charge in [-0.2, -0.15) is 0 Å². The molecule has 2 unspecified atom stereocenters. The molecule has 1 aromatic rings. The van der Waals surface area contributed by atoms with Crippen LogP contribution in [0.2, 0.25) is 0 Å². The summed E-state index contributed by atoms with van der Waals surface area (Å²) in [5, 5.41) is 0. The van der Waals surface area contributed by atoms with Gasteiger partial charge in [-0.05, 0) is 55.5 Å². The van der Waals surface area contributed by atoms with Gasteiger partial charge in [-0.3, -0.25) is 9.52 Å². The van der Waals surface area contributed by atoms with Gasteiger partial charge in [0.2, 0.25) is 6.41 Å². The molecule has 0 aromatic heterocycles. The summed E-state index contributed by atoms with van der Waals surface area (Å²) in [5.41, 5.74) is -0.00677. The first-order valence-corrected chi connectivity index (χ1v) is 10.2. The van der Waals surface area contributed by atoms with Crippen molar-refractivity contribution in [2.75, 3.05) is 19.7 Å². The number of hydrogen-bond donors (Lipinski definition) is 1. The fourth-order valence-corrected chi connectivity index (χ4v) is 6.12. The van der Waals surface area contributed by atoms with Crippen LogP contribution in [-0.2, 0) is 9.53 Å². The molecule has 1 N–H and O–H groups in total. The summed E-state index contributed by atoms with van der Waals surface area (Å²) in [5.74, 6) is 0. The zero-order chi connectivity index (χ0) is 16.4. The molecule has 3 fully saturated rings. The Balaban J connectivity index is 1.44. The Morgan fingerprint density at radius 3 is 2.58 bits per heavy atom. The lowest BCUT2D eigenvalue weighted by atomic mass is 9.88. The summed E-state index contributed by atoms with van der Waals surface area (Å²) < 4.78 is 10.2. The van der Waals surface area contributed by atoms with Crippen molar-refractivity contribution in [2.45, 2.75) is 55.1 Å². The van der Waals surface area contributed by atoms with E-state index < -0.39 is 0 Å². The summed E-state index contributed by atoms with van der Waals surface area (Å²) in [6.45, 7) is 2.46. The van der Waals surface area contributed by atoms with Gasteiger partial charge >= 0.3 is 0 Å². The lowest BCUT2D eigenvalue weighted by molar-refractivity contribution is -0.122. The van der Waals surface area contributed by atoms with Crippen molar-refractivity contribution in [1.29, 1.82) is 0 Å². The molecule has 1 amide bonds. The number of piperidine rings is 1. The van der Waals surface area contributed by atoms with Gasteiger partial charge in [-0.15, -0.1) is 0 Å². The van der Waals surface area contributed by atoms with Gasteiger partial charge in [0.1, 0.15) is 0 Å². The number of carbonyl (C=O) groups excluding carboxylic acids is 1. The molecule has 1 aromatic carbocycles. The van der Waals surface area contributed by atoms with Crippen LogP contribution >= 0.6 is 10.7 Å². The molecular weight excluding hydrogens is 320 g/mol. The first-order valence-electron chi connectivity index (χ1n) is 9.02. The molecule has 2 heterocycles. The van der Waals surface area contributed by atoms with Crippen molar-refractivity contribution in [1.82, 2.24) is 9.62 Å². The molecule has 2 aliphatic heterocycles. The highest BCUT2D eigenvalue weighted by atomic mass is 32.2. The molecule has 3 aliphatic rings. The molecule has 2 atom stereocenters. The van der Waals surface area contributed by atoms with E-state index in [-0.39, 0.29) is 16.3 Å². The van der Waals surface area contributed by atoms with E-state index in [2.05, 4.69) is 35.1 Å². The molecule has 1 aliphatic carbocycles. The zero-order valence-corrected chi connectivity index (χ0v) is 14.9. The van der Waals surface area contributed by atoms with Gasteiger partial charge in [0.05, 0.1) is 12.2 Å². The number of likely N-dealkylation sites (tertiary alicyclic amines) is 1. The second-order valence-corrected chi connectivity index (χ2v) is 9.06. The van der Waals surface area contributed by atoms with Crippen molar-refractivity contribution in [2.24, 2.45) is 0 Å². The topological polar surface area (TPSA) is 41.6 Å². The molecule has 24 heavy (non-hydrogen) atoms. The SMILES string of the molecule is O=CN1CCC2(CC1)CC(NS(=C1CCC1)c1ccccc1)CO2. The van der Waals surface area contributed by atoms with Gasteiger partial charge in [-0.1, -0.05) is 28.9 Å². The van der Waals surface area contributed by atoms with Crippen LogP contribution in [0.25, 0.3) is 0 Å². The number of carbonyl (C=O) groups is 1. The maximum absolute atomic E-state index is 10.9. The van der Waals surface area contributed by atoms with Crippen molar-refractivity contribution in [3.8, 4) is 0 Å². The molecule has 130 valence electrons. The van der Waals surface area contributed by atoms with Crippen LogP contribution in [-0.4, -0.2) is 47.5 Å². The highest BCUT2D eigenvalue weighted by molar-refractivity contribution is 8.14. The monoisotopic (exact) mass is 346 g/mol. The van der Waals surface area contributed by atoms with Gasteiger partial charge in [0.15, 0.2) is 0 Å². The Hall–Kier alpha value is -1.17. The maximum Gasteiger partial charge on any atom is 0.209 e. The van der Waals surface area contributed by atoms with Crippen LogP contribution in [0.3, 0.4) is 0 Å². The van der Waals surface area contributed by atoms with Crippen molar-refractivity contribution >= 4 is 21.9 Å². The van der Waals surface area contributed by atoms with Crippen molar-refractivity contribution in [3.63, 3.8) is 0 Å². The van der Waals surface area contributed by atoms with E-state index in [0.717, 1.165) is 45.4 Å². The van der Waals surface area contributed by atoms with Gasteiger partial charge < -0.3 is 9.64 Å². The van der Waals surface area contributed by atoms with Crippen molar-refractivity contribution in [3.05, 3.63) is 30.3 Å². The van der Waals surface area contributed by atoms with E-state index in [4.69, 9.17) is 4.74 Å². The average molecular weight is 346 g/mol. The Bertz CT molecular complexity index is 618. The molecule has 0 radical (unpaired) electrons. The summed E-state index contributed by atoms with van der Waals surface area (Å²) in [6.07, 6.45) is 7.84. The van der Waals surface area contributed by atoms with Crippen LogP contribution in [0, 0.1) is 0 Å². The summed E-state index contributed by atoms with van der Waals surface area (Å²) in [4.78, 5) is 15.9. The fourth-order valence-electron chi connectivity index (χ4n) is 3.87. The van der Waals surface area contributed by atoms with Gasteiger partial charge in [0, 0.05) is 24.0 Å². The number of rotatable bonds is 4. The highest BCUT2D eigenvalue weighted by Gasteiger charge is 2.42. The minimum absolute atomic E-state index is 0.00677. The van der Waals surface area contributed by atoms with E-state index in [1.54, 1.807) is 4.86 Å². The largest absolute Gasteiger partial charge is 0.373 e. The third-order valence-electron chi connectivity index (χ3n) is 5.53. The highest BCUT2D eigenvalue weighted by Crippen LogP contribution is 2.39. The van der Waals surface area contributed by atoms with Gasteiger partial charge in [0.25, 0.3) is 0 Å². The van der Waals surface area contributed by atoms with Crippen molar-refractivity contribution < 1.29 is 9.53 Å². The van der Waals surface area contributed by atoms with Crippen LogP contribution in [0.15, 0.2) is 35.2 Å². The Morgan fingerprint density at radius 2 is 1.96 bits per heavy atom. The lowest BCUT2D eigenvalue weighted by Gasteiger charge is -2.37. The van der Waals surface area contributed by atoms with E-state index in [0.29, 0.717) is 6.04 Å². The van der Waals surface area contributed by atoms with E-state index >= 15 is 0 Å². The molecule has 4 rings (SSSR count). The minimum atomic E-state index is -0.00677. The molecule has 4 nitrogen and oxygen atoms in total. The number of nitrogens with one attached hydrogen (secondary N) is 1. The quantitative estimate of drug-likeness (QED) is 0.673. The molecule has 1 spiro atoms. The molecule has 2 saturated heterocycles. The standard InChI is InChI=1S/C19H26N2O2S/c22-15-21-11-9-19(10-12-21)13-16(14-23-19)20-24(18-7-4-8-18)17-5-2-1-3-6-17/h1-3,5-6,15-16,20H,4,7-14H2. The fraction of sp³-hybridized carbons (Fsp3) is 0.579. The summed E-state index contributed by atoms with van der Waals surface area (Å²) in [6, 6.07) is 11.3. The minimum Gasteiger partial charge on any atom is -0.373 e. The third kappa shape index (κ3) is 3.30. The number of nitrogens with zero attached hydrogens (tertiary/aromatic N) is 1. The van der Waals surface area contributed by atoms with E-state index in [1.165, 1.54) is 24.2 Å². The third-order valence-corrected chi connectivity index (χ3v) is 7.83. The average Bonchev–Trinajstić information content (AvgIpc) is 2.97. The smallest absolute Gasteiger partial charge is 0.209 e. The van der Waals surface area contributed by atoms with E-state index in [9.17, 15) is 4.79 Å². The van der Waals surface area contributed by atoms with Crippen LogP contribution in [0.4, 0.5) is 0 Å². The second kappa shape index (κ2) is 6.98. The normalized spacial score (nSPS) is 27.1. The molecular formula is C19H26N2O2S. The van der Waals surface area contributed by atoms with Crippen LogP contribution < -0.4 is 4.72 Å². The maximum atomic E-state index is 10.9. The first kappa shape index (κ1) is 16.3. The number of ether oxygens (including phenoxy) is 1. The molecule has 0 bridgehead atoms. The zero-order valence-electron chi connectivity index (χ0n) is 14.1. The van der Waals surface area contributed by atoms with Gasteiger partial charge in [-0.25, -0.2) is 0 Å². The first-order chi connectivity index (χ1) is 11.8. The van der Waals surface area contributed by atoms with E-state index in [1.807, 2.05) is 4.90 Å². The predicted molar refractivity (Wildman–Crippen MR) is 98.3 cm³/mol. The Morgan fingerprint density at radius 1 is 1.21 bits per heavy atom.